The quantitative estimate of drug-likeness (QED) is 0.817. The van der Waals surface area contributed by atoms with Gasteiger partial charge in [0.2, 0.25) is 5.88 Å². The summed E-state index contributed by atoms with van der Waals surface area (Å²) in [5.74, 6) is 0.558. The molecule has 0 bridgehead atoms. The number of aromatic nitrogens is 1. The Labute approximate surface area is 159 Å². The number of carbonyl (C=O) groups is 1. The zero-order valence-electron chi connectivity index (χ0n) is 16.0. The fraction of sp³-hybridized carbons (Fsp3) is 0.524. The fourth-order valence-corrected chi connectivity index (χ4v) is 4.54. The Balaban J connectivity index is 1.67. The SMILES string of the molecule is CC(C)Oc1cc2c(OC[C@@]34CCC[C@H]3NCC4)nccc2cc1C(N)=O. The monoisotopic (exact) mass is 369 g/mol. The van der Waals surface area contributed by atoms with Crippen LogP contribution in [0.1, 0.15) is 49.9 Å². The predicted molar refractivity (Wildman–Crippen MR) is 104 cm³/mol. The summed E-state index contributed by atoms with van der Waals surface area (Å²) in [6, 6.07) is 6.00. The molecular weight excluding hydrogens is 342 g/mol. The van der Waals surface area contributed by atoms with Gasteiger partial charge in [0.05, 0.1) is 18.3 Å². The Bertz CT molecular complexity index is 855. The highest BCUT2D eigenvalue weighted by atomic mass is 16.5. The van der Waals surface area contributed by atoms with Gasteiger partial charge < -0.3 is 20.5 Å². The standard InChI is InChI=1S/C21H27N3O3/c1-13(2)27-17-11-15-14(10-16(17)19(22)25)5-8-24-20(15)26-12-21-6-3-4-18(21)23-9-7-21/h5,8,10-11,13,18,23H,3-4,6-7,9,12H2,1-2H3,(H2,22,25)/t18-,21+/m1/s1. The summed E-state index contributed by atoms with van der Waals surface area (Å²) in [4.78, 5) is 16.3. The summed E-state index contributed by atoms with van der Waals surface area (Å²) in [5, 5.41) is 5.32. The van der Waals surface area contributed by atoms with Crippen molar-refractivity contribution in [3.63, 3.8) is 0 Å². The zero-order valence-corrected chi connectivity index (χ0v) is 16.0. The Morgan fingerprint density at radius 3 is 3.04 bits per heavy atom. The number of nitrogens with one attached hydrogen (secondary N) is 1. The number of nitrogens with zero attached hydrogens (tertiary/aromatic N) is 1. The minimum Gasteiger partial charge on any atom is -0.490 e. The third-order valence-corrected chi connectivity index (χ3v) is 5.87. The molecule has 2 aromatic rings. The molecule has 0 radical (unpaired) electrons. The number of primary amides is 1. The summed E-state index contributed by atoms with van der Waals surface area (Å²) >= 11 is 0. The molecule has 1 aliphatic heterocycles. The van der Waals surface area contributed by atoms with E-state index in [1.54, 1.807) is 12.3 Å². The minimum atomic E-state index is -0.503. The van der Waals surface area contributed by atoms with Gasteiger partial charge in [-0.2, -0.15) is 0 Å². The van der Waals surface area contributed by atoms with Gasteiger partial charge in [-0.15, -0.1) is 0 Å². The number of ether oxygens (including phenoxy) is 2. The van der Waals surface area contributed by atoms with E-state index in [-0.39, 0.29) is 11.5 Å². The van der Waals surface area contributed by atoms with Gasteiger partial charge in [-0.3, -0.25) is 4.79 Å². The fourth-order valence-electron chi connectivity index (χ4n) is 4.54. The molecule has 1 aliphatic carbocycles. The predicted octanol–water partition coefficient (Wildman–Crippen LogP) is 3.03. The molecule has 1 amide bonds. The summed E-state index contributed by atoms with van der Waals surface area (Å²) in [7, 11) is 0. The van der Waals surface area contributed by atoms with Gasteiger partial charge in [-0.25, -0.2) is 4.98 Å². The van der Waals surface area contributed by atoms with E-state index < -0.39 is 5.91 Å². The third-order valence-electron chi connectivity index (χ3n) is 5.87. The first kappa shape index (κ1) is 18.0. The number of carbonyl (C=O) groups excluding carboxylic acids is 1. The van der Waals surface area contributed by atoms with Crippen LogP contribution in [0, 0.1) is 5.41 Å². The van der Waals surface area contributed by atoms with Crippen LogP contribution in [0.4, 0.5) is 0 Å². The third kappa shape index (κ3) is 3.34. The number of amides is 1. The van der Waals surface area contributed by atoms with Gasteiger partial charge >= 0.3 is 0 Å². The topological polar surface area (TPSA) is 86.5 Å². The van der Waals surface area contributed by atoms with Crippen molar-refractivity contribution in [2.24, 2.45) is 11.1 Å². The van der Waals surface area contributed by atoms with Crippen LogP contribution in [0.25, 0.3) is 10.8 Å². The molecule has 1 saturated heterocycles. The zero-order chi connectivity index (χ0) is 19.0. The number of hydrogen-bond acceptors (Lipinski definition) is 5. The largest absolute Gasteiger partial charge is 0.490 e. The summed E-state index contributed by atoms with van der Waals surface area (Å²) in [6.45, 7) is 5.56. The van der Waals surface area contributed by atoms with Crippen molar-refractivity contribution >= 4 is 16.7 Å². The van der Waals surface area contributed by atoms with Crippen molar-refractivity contribution in [3.05, 3.63) is 30.0 Å². The lowest BCUT2D eigenvalue weighted by molar-refractivity contribution is 0.0994. The lowest BCUT2D eigenvalue weighted by atomic mass is 9.83. The van der Waals surface area contributed by atoms with Crippen LogP contribution in [0.2, 0.25) is 0 Å². The van der Waals surface area contributed by atoms with E-state index >= 15 is 0 Å². The number of nitrogens with two attached hydrogens (primary N) is 1. The highest BCUT2D eigenvalue weighted by molar-refractivity contribution is 6.01. The van der Waals surface area contributed by atoms with Crippen molar-refractivity contribution in [1.29, 1.82) is 0 Å². The Kier molecular flexibility index (Phi) is 4.68. The van der Waals surface area contributed by atoms with Gasteiger partial charge in [0, 0.05) is 23.0 Å². The van der Waals surface area contributed by atoms with E-state index in [0.717, 1.165) is 23.7 Å². The summed E-state index contributed by atoms with van der Waals surface area (Å²) in [6.07, 6.45) is 6.46. The first-order chi connectivity index (χ1) is 13.0. The van der Waals surface area contributed by atoms with Crippen molar-refractivity contribution in [2.45, 2.75) is 51.7 Å². The van der Waals surface area contributed by atoms with Crippen LogP contribution >= 0.6 is 0 Å². The van der Waals surface area contributed by atoms with E-state index in [2.05, 4.69) is 10.3 Å². The molecule has 3 N–H and O–H groups in total. The number of benzene rings is 1. The molecule has 6 nitrogen and oxygen atoms in total. The maximum Gasteiger partial charge on any atom is 0.252 e. The molecular formula is C21H27N3O3. The molecule has 27 heavy (non-hydrogen) atoms. The second-order valence-electron chi connectivity index (χ2n) is 8.02. The average molecular weight is 369 g/mol. The molecule has 4 rings (SSSR count). The normalized spacial score (nSPS) is 24.3. The van der Waals surface area contributed by atoms with Crippen molar-refractivity contribution in [1.82, 2.24) is 10.3 Å². The summed E-state index contributed by atoms with van der Waals surface area (Å²) in [5.41, 5.74) is 6.14. The molecule has 144 valence electrons. The maximum atomic E-state index is 11.8. The van der Waals surface area contributed by atoms with E-state index in [4.69, 9.17) is 15.2 Å². The van der Waals surface area contributed by atoms with Crippen molar-refractivity contribution in [3.8, 4) is 11.6 Å². The van der Waals surface area contributed by atoms with Gasteiger partial charge in [0.25, 0.3) is 5.91 Å². The van der Waals surface area contributed by atoms with Crippen LogP contribution in [-0.4, -0.2) is 36.2 Å². The molecule has 0 spiro atoms. The van der Waals surface area contributed by atoms with Crippen LogP contribution in [0.15, 0.2) is 24.4 Å². The number of pyridine rings is 1. The Morgan fingerprint density at radius 2 is 2.26 bits per heavy atom. The second-order valence-corrected chi connectivity index (χ2v) is 8.02. The van der Waals surface area contributed by atoms with Gasteiger partial charge in [0.15, 0.2) is 0 Å². The number of fused-ring (bicyclic) bond motifs is 2. The van der Waals surface area contributed by atoms with Crippen molar-refractivity contribution in [2.75, 3.05) is 13.2 Å². The van der Waals surface area contributed by atoms with Gasteiger partial charge in [-0.1, -0.05) is 6.42 Å². The molecule has 2 atom stereocenters. The van der Waals surface area contributed by atoms with E-state index in [9.17, 15) is 4.79 Å². The molecule has 1 aromatic heterocycles. The van der Waals surface area contributed by atoms with E-state index in [0.29, 0.717) is 29.8 Å². The highest BCUT2D eigenvalue weighted by Gasteiger charge is 2.46. The average Bonchev–Trinajstić information content (AvgIpc) is 3.18. The van der Waals surface area contributed by atoms with Crippen LogP contribution in [0.3, 0.4) is 0 Å². The van der Waals surface area contributed by atoms with E-state index in [1.165, 1.54) is 19.3 Å². The number of hydrogen-bond donors (Lipinski definition) is 2. The minimum absolute atomic E-state index is 0.0655. The molecule has 2 aliphatic rings. The van der Waals surface area contributed by atoms with Crippen molar-refractivity contribution < 1.29 is 14.3 Å². The summed E-state index contributed by atoms with van der Waals surface area (Å²) < 4.78 is 12.1. The Hall–Kier alpha value is -2.34. The number of rotatable bonds is 6. The lowest BCUT2D eigenvalue weighted by Crippen LogP contribution is -2.36. The lowest BCUT2D eigenvalue weighted by Gasteiger charge is -2.28. The van der Waals surface area contributed by atoms with Gasteiger partial charge in [-0.05, 0) is 63.2 Å². The first-order valence-corrected chi connectivity index (χ1v) is 9.74. The molecule has 1 saturated carbocycles. The highest BCUT2D eigenvalue weighted by Crippen LogP contribution is 2.45. The Morgan fingerprint density at radius 1 is 1.41 bits per heavy atom. The maximum absolute atomic E-state index is 11.8. The molecule has 1 aromatic carbocycles. The van der Waals surface area contributed by atoms with E-state index in [1.807, 2.05) is 26.0 Å². The molecule has 2 fully saturated rings. The smallest absolute Gasteiger partial charge is 0.252 e. The molecule has 2 heterocycles. The first-order valence-electron chi connectivity index (χ1n) is 9.74. The van der Waals surface area contributed by atoms with Crippen LogP contribution in [0.5, 0.6) is 11.6 Å². The second kappa shape index (κ2) is 7.00. The molecule has 6 heteroatoms. The molecule has 0 unspecified atom stereocenters. The van der Waals surface area contributed by atoms with Gasteiger partial charge in [0.1, 0.15) is 5.75 Å². The van der Waals surface area contributed by atoms with Crippen LogP contribution < -0.4 is 20.5 Å². The van der Waals surface area contributed by atoms with Crippen LogP contribution in [-0.2, 0) is 0 Å².